The van der Waals surface area contributed by atoms with Gasteiger partial charge in [0.05, 0.1) is 9.40 Å². The van der Waals surface area contributed by atoms with Gasteiger partial charge in [0.2, 0.25) is 5.91 Å². The fraction of sp³-hybridized carbons (Fsp3) is 0.462. The smallest absolute Gasteiger partial charge is 0.283 e. The van der Waals surface area contributed by atoms with Crippen molar-refractivity contribution in [2.75, 3.05) is 13.1 Å². The van der Waals surface area contributed by atoms with Crippen LogP contribution in [0.25, 0.3) is 0 Å². The zero-order valence-corrected chi connectivity index (χ0v) is 12.7. The molecule has 20 heavy (non-hydrogen) atoms. The highest BCUT2D eigenvalue weighted by Crippen LogP contribution is 2.26. The number of likely N-dealkylation sites (tertiary alicyclic amines) is 1. The molecule has 7 heteroatoms. The van der Waals surface area contributed by atoms with E-state index in [9.17, 15) is 14.9 Å². The van der Waals surface area contributed by atoms with E-state index in [2.05, 4.69) is 26.1 Å². The molecule has 1 saturated heterocycles. The molecule has 1 N–H and O–H groups in total. The Labute approximate surface area is 125 Å². The average molecular weight is 342 g/mol. The molecule has 0 aromatic heterocycles. The van der Waals surface area contributed by atoms with E-state index in [1.54, 1.807) is 12.1 Å². The summed E-state index contributed by atoms with van der Waals surface area (Å²) in [7, 11) is 0. The van der Waals surface area contributed by atoms with Crippen LogP contribution in [-0.2, 0) is 11.3 Å². The van der Waals surface area contributed by atoms with E-state index in [1.165, 1.54) is 6.92 Å². The molecule has 1 fully saturated rings. The SMILES string of the molecule is CC(=O)NC1CCN(Cc2ccc(Br)c([N+](=O)[O-])c2)C1. The number of nitro benzene ring substituents is 1. The monoisotopic (exact) mass is 341 g/mol. The van der Waals surface area contributed by atoms with Gasteiger partial charge in [-0.05, 0) is 34.0 Å². The number of halogens is 1. The second kappa shape index (κ2) is 6.32. The van der Waals surface area contributed by atoms with E-state index in [0.29, 0.717) is 11.0 Å². The first-order chi connectivity index (χ1) is 9.45. The Hall–Kier alpha value is -1.47. The van der Waals surface area contributed by atoms with Crippen LogP contribution in [0, 0.1) is 10.1 Å². The zero-order valence-electron chi connectivity index (χ0n) is 11.1. The summed E-state index contributed by atoms with van der Waals surface area (Å²) in [6.07, 6.45) is 0.915. The van der Waals surface area contributed by atoms with Crippen LogP contribution >= 0.6 is 15.9 Å². The molecule has 108 valence electrons. The van der Waals surface area contributed by atoms with Crippen molar-refractivity contribution in [3.05, 3.63) is 38.3 Å². The van der Waals surface area contributed by atoms with Crippen LogP contribution in [0.5, 0.6) is 0 Å². The molecular formula is C13H16BrN3O3. The normalized spacial score (nSPS) is 19.0. The Morgan fingerprint density at radius 2 is 2.35 bits per heavy atom. The minimum atomic E-state index is -0.391. The maximum atomic E-state index is 11.0. The van der Waals surface area contributed by atoms with Gasteiger partial charge < -0.3 is 5.32 Å². The highest BCUT2D eigenvalue weighted by atomic mass is 79.9. The van der Waals surface area contributed by atoms with Crippen LogP contribution in [-0.4, -0.2) is 34.9 Å². The van der Waals surface area contributed by atoms with Crippen molar-refractivity contribution < 1.29 is 9.72 Å². The predicted octanol–water partition coefficient (Wildman–Crippen LogP) is 2.07. The third-order valence-electron chi connectivity index (χ3n) is 3.29. The minimum absolute atomic E-state index is 0.0175. The lowest BCUT2D eigenvalue weighted by Gasteiger charge is -2.16. The Morgan fingerprint density at radius 3 is 3.00 bits per heavy atom. The number of benzene rings is 1. The molecular weight excluding hydrogens is 326 g/mol. The topological polar surface area (TPSA) is 75.5 Å². The van der Waals surface area contributed by atoms with Gasteiger partial charge in [-0.15, -0.1) is 0 Å². The molecule has 0 aliphatic carbocycles. The van der Waals surface area contributed by atoms with Crippen molar-refractivity contribution in [2.45, 2.75) is 25.9 Å². The number of amides is 1. The molecule has 2 rings (SSSR count). The third-order valence-corrected chi connectivity index (χ3v) is 3.96. The van der Waals surface area contributed by atoms with Crippen molar-refractivity contribution in [1.29, 1.82) is 0 Å². The van der Waals surface area contributed by atoms with E-state index in [-0.39, 0.29) is 17.6 Å². The standard InChI is InChI=1S/C13H16BrN3O3/c1-9(18)15-11-4-5-16(8-11)7-10-2-3-12(14)13(6-10)17(19)20/h2-3,6,11H,4-5,7-8H2,1H3,(H,15,18). The van der Waals surface area contributed by atoms with Crippen molar-refractivity contribution >= 4 is 27.5 Å². The number of nitrogens with zero attached hydrogens (tertiary/aromatic N) is 2. The van der Waals surface area contributed by atoms with Gasteiger partial charge in [-0.2, -0.15) is 0 Å². The Balaban J connectivity index is 1.99. The molecule has 1 aromatic carbocycles. The number of carbonyl (C=O) groups excluding carboxylic acids is 1. The molecule has 0 bridgehead atoms. The third kappa shape index (κ3) is 3.77. The summed E-state index contributed by atoms with van der Waals surface area (Å²) in [5, 5.41) is 13.8. The summed E-state index contributed by atoms with van der Waals surface area (Å²) in [5.41, 5.74) is 0.989. The lowest BCUT2D eigenvalue weighted by molar-refractivity contribution is -0.385. The lowest BCUT2D eigenvalue weighted by atomic mass is 10.2. The first kappa shape index (κ1) is 14.9. The van der Waals surface area contributed by atoms with Crippen LogP contribution in [0.4, 0.5) is 5.69 Å². The molecule has 1 aliphatic rings. The van der Waals surface area contributed by atoms with Crippen molar-refractivity contribution in [3.63, 3.8) is 0 Å². The van der Waals surface area contributed by atoms with Gasteiger partial charge in [0, 0.05) is 38.7 Å². The van der Waals surface area contributed by atoms with E-state index in [4.69, 9.17) is 0 Å². The van der Waals surface area contributed by atoms with Crippen LogP contribution in [0.3, 0.4) is 0 Å². The zero-order chi connectivity index (χ0) is 14.7. The fourth-order valence-corrected chi connectivity index (χ4v) is 2.83. The number of nitrogens with one attached hydrogen (secondary N) is 1. The summed E-state index contributed by atoms with van der Waals surface area (Å²) >= 11 is 3.18. The van der Waals surface area contributed by atoms with Crippen LogP contribution < -0.4 is 5.32 Å². The maximum absolute atomic E-state index is 11.0. The van der Waals surface area contributed by atoms with Crippen molar-refractivity contribution in [3.8, 4) is 0 Å². The number of nitro groups is 1. The molecule has 1 amide bonds. The summed E-state index contributed by atoms with van der Waals surface area (Å²) in [6.45, 7) is 3.84. The number of hydrogen-bond donors (Lipinski definition) is 1. The van der Waals surface area contributed by atoms with Crippen LogP contribution in [0.15, 0.2) is 22.7 Å². The van der Waals surface area contributed by atoms with Gasteiger partial charge in [-0.25, -0.2) is 0 Å². The molecule has 1 unspecified atom stereocenters. The number of hydrogen-bond acceptors (Lipinski definition) is 4. The second-order valence-corrected chi connectivity index (χ2v) is 5.82. The Kier molecular flexibility index (Phi) is 4.72. The molecule has 0 spiro atoms. The fourth-order valence-electron chi connectivity index (χ4n) is 2.44. The number of rotatable bonds is 4. The summed E-state index contributed by atoms with van der Waals surface area (Å²) < 4.78 is 0.490. The summed E-state index contributed by atoms with van der Waals surface area (Å²) in [6, 6.07) is 5.35. The minimum Gasteiger partial charge on any atom is -0.352 e. The first-order valence-corrected chi connectivity index (χ1v) is 7.17. The molecule has 1 heterocycles. The first-order valence-electron chi connectivity index (χ1n) is 6.38. The average Bonchev–Trinajstić information content (AvgIpc) is 2.77. The molecule has 1 aliphatic heterocycles. The molecule has 0 radical (unpaired) electrons. The molecule has 0 saturated carbocycles. The number of carbonyl (C=O) groups is 1. The Bertz CT molecular complexity index is 536. The van der Waals surface area contributed by atoms with E-state index in [0.717, 1.165) is 25.1 Å². The summed E-state index contributed by atoms with van der Waals surface area (Å²) in [4.78, 5) is 23.7. The van der Waals surface area contributed by atoms with E-state index < -0.39 is 4.92 Å². The second-order valence-electron chi connectivity index (χ2n) is 4.96. The summed E-state index contributed by atoms with van der Waals surface area (Å²) in [5.74, 6) is -0.0175. The van der Waals surface area contributed by atoms with Gasteiger partial charge in [0.25, 0.3) is 5.69 Å². The largest absolute Gasteiger partial charge is 0.352 e. The van der Waals surface area contributed by atoms with Gasteiger partial charge in [-0.1, -0.05) is 6.07 Å². The van der Waals surface area contributed by atoms with Gasteiger partial charge in [0.1, 0.15) is 0 Å². The molecule has 6 nitrogen and oxygen atoms in total. The predicted molar refractivity (Wildman–Crippen MR) is 78.3 cm³/mol. The lowest BCUT2D eigenvalue weighted by Crippen LogP contribution is -2.35. The van der Waals surface area contributed by atoms with Crippen LogP contribution in [0.1, 0.15) is 18.9 Å². The van der Waals surface area contributed by atoms with Crippen LogP contribution in [0.2, 0.25) is 0 Å². The van der Waals surface area contributed by atoms with Crippen molar-refractivity contribution in [2.24, 2.45) is 0 Å². The maximum Gasteiger partial charge on any atom is 0.283 e. The molecule has 1 aromatic rings. The van der Waals surface area contributed by atoms with E-state index >= 15 is 0 Å². The Morgan fingerprint density at radius 1 is 1.60 bits per heavy atom. The van der Waals surface area contributed by atoms with Gasteiger partial charge in [0.15, 0.2) is 0 Å². The van der Waals surface area contributed by atoms with Crippen molar-refractivity contribution in [1.82, 2.24) is 10.2 Å². The highest BCUT2D eigenvalue weighted by Gasteiger charge is 2.23. The quantitative estimate of drug-likeness (QED) is 0.671. The van der Waals surface area contributed by atoms with E-state index in [1.807, 2.05) is 6.07 Å². The molecule has 1 atom stereocenters. The highest BCUT2D eigenvalue weighted by molar-refractivity contribution is 9.10. The van der Waals surface area contributed by atoms with Gasteiger partial charge in [-0.3, -0.25) is 19.8 Å². The van der Waals surface area contributed by atoms with Gasteiger partial charge >= 0.3 is 0 Å².